The topological polar surface area (TPSA) is 66.2 Å². The maximum absolute atomic E-state index is 12.5. The molecule has 0 aliphatic carbocycles. The number of carboxylic acid groups (broad SMARTS) is 1. The first-order valence-corrected chi connectivity index (χ1v) is 4.49. The van der Waals surface area contributed by atoms with Crippen molar-refractivity contribution >= 4 is 5.97 Å². The van der Waals surface area contributed by atoms with Crippen molar-refractivity contribution < 1.29 is 14.3 Å². The molecule has 15 heavy (non-hydrogen) atoms. The Morgan fingerprint density at radius 1 is 1.40 bits per heavy atom. The molecule has 1 rings (SSSR count). The number of hydrogen-bond donors (Lipinski definition) is 1. The van der Waals surface area contributed by atoms with E-state index in [2.05, 4.69) is 0 Å². The Morgan fingerprint density at radius 3 is 2.53 bits per heavy atom. The molecule has 80 valence electrons. The molecule has 0 aliphatic rings. The first-order valence-electron chi connectivity index (χ1n) is 4.49. The Bertz CT molecular complexity index is 371. The zero-order chi connectivity index (χ0) is 11.3. The molecule has 3 nitrogen and oxygen atoms in total. The largest absolute Gasteiger partial charge is 0.545 e. The lowest BCUT2D eigenvalue weighted by Gasteiger charge is -2.02. The first-order chi connectivity index (χ1) is 7.08. The molecule has 2 N–H and O–H groups in total. The molecule has 0 aromatic heterocycles. The van der Waals surface area contributed by atoms with Crippen LogP contribution in [0.5, 0.6) is 0 Å². The minimum absolute atomic E-state index is 0.249. The van der Waals surface area contributed by atoms with Gasteiger partial charge in [0, 0.05) is 5.70 Å². The van der Waals surface area contributed by atoms with Crippen LogP contribution in [0.15, 0.2) is 36.0 Å². The molecule has 0 spiro atoms. The Kier molecular flexibility index (Phi) is 3.85. The van der Waals surface area contributed by atoms with Gasteiger partial charge < -0.3 is 15.6 Å². The van der Waals surface area contributed by atoms with Gasteiger partial charge in [0.2, 0.25) is 0 Å². The smallest absolute Gasteiger partial charge is 0.123 e. The zero-order valence-electron chi connectivity index (χ0n) is 8.07. The number of hydrogen-bond acceptors (Lipinski definition) is 3. The van der Waals surface area contributed by atoms with Gasteiger partial charge in [-0.1, -0.05) is 12.1 Å². The van der Waals surface area contributed by atoms with E-state index in [1.807, 2.05) is 0 Å². The molecular weight excluding hydrogens is 197 g/mol. The van der Waals surface area contributed by atoms with E-state index in [0.29, 0.717) is 12.8 Å². The molecule has 0 saturated carbocycles. The lowest BCUT2D eigenvalue weighted by Crippen LogP contribution is -2.21. The van der Waals surface area contributed by atoms with Crippen LogP contribution in [-0.2, 0) is 11.2 Å². The predicted molar refractivity (Wildman–Crippen MR) is 52.0 cm³/mol. The average molecular weight is 208 g/mol. The molecule has 0 radical (unpaired) electrons. The molecule has 0 atom stereocenters. The maximum Gasteiger partial charge on any atom is 0.123 e. The van der Waals surface area contributed by atoms with Crippen molar-refractivity contribution in [1.82, 2.24) is 0 Å². The van der Waals surface area contributed by atoms with E-state index in [1.54, 1.807) is 12.1 Å². The van der Waals surface area contributed by atoms with Gasteiger partial charge in [-0.2, -0.15) is 0 Å². The van der Waals surface area contributed by atoms with E-state index in [-0.39, 0.29) is 11.5 Å². The quantitative estimate of drug-likeness (QED) is 0.726. The molecular formula is C11H11FNO2-. The van der Waals surface area contributed by atoms with Crippen LogP contribution in [0.3, 0.4) is 0 Å². The SMILES string of the molecule is N/C(=C\C(=O)[O-])CCc1ccc(F)cc1. The second kappa shape index (κ2) is 5.14. The lowest BCUT2D eigenvalue weighted by molar-refractivity contribution is -0.297. The molecule has 4 heteroatoms. The number of nitrogens with two attached hydrogens (primary N) is 1. The summed E-state index contributed by atoms with van der Waals surface area (Å²) in [7, 11) is 0. The van der Waals surface area contributed by atoms with Crippen LogP contribution in [0.4, 0.5) is 4.39 Å². The van der Waals surface area contributed by atoms with Crippen molar-refractivity contribution in [3.8, 4) is 0 Å². The summed E-state index contributed by atoms with van der Waals surface area (Å²) < 4.78 is 12.5. The van der Waals surface area contributed by atoms with Gasteiger partial charge in [0.1, 0.15) is 5.82 Å². The minimum Gasteiger partial charge on any atom is -0.545 e. The molecule has 0 unspecified atom stereocenters. The highest BCUT2D eigenvalue weighted by molar-refractivity contribution is 5.78. The average Bonchev–Trinajstić information content (AvgIpc) is 2.16. The Hall–Kier alpha value is -1.84. The number of halogens is 1. The van der Waals surface area contributed by atoms with Crippen molar-refractivity contribution in [2.24, 2.45) is 5.73 Å². The normalized spacial score (nSPS) is 11.4. The van der Waals surface area contributed by atoms with Crippen molar-refractivity contribution in [1.29, 1.82) is 0 Å². The second-order valence-electron chi connectivity index (χ2n) is 3.16. The fourth-order valence-corrected chi connectivity index (χ4v) is 1.16. The third-order valence-electron chi connectivity index (χ3n) is 1.92. The second-order valence-corrected chi connectivity index (χ2v) is 3.16. The minimum atomic E-state index is -1.30. The molecule has 1 aromatic rings. The number of aryl methyl sites for hydroxylation is 1. The standard InChI is InChI=1S/C11H12FNO2/c12-9-4-1-8(2-5-9)3-6-10(13)7-11(14)15/h1-2,4-5,7H,3,6,13H2,(H,14,15)/p-1/b10-7-. The first kappa shape index (κ1) is 11.2. The van der Waals surface area contributed by atoms with Gasteiger partial charge in [0.05, 0.1) is 5.97 Å². The molecule has 0 amide bonds. The van der Waals surface area contributed by atoms with E-state index in [0.717, 1.165) is 11.6 Å². The number of carbonyl (C=O) groups is 1. The van der Waals surface area contributed by atoms with Crippen molar-refractivity contribution in [2.75, 3.05) is 0 Å². The Labute approximate surface area is 87.0 Å². The summed E-state index contributed by atoms with van der Waals surface area (Å²) in [5, 5.41) is 10.1. The monoisotopic (exact) mass is 208 g/mol. The summed E-state index contributed by atoms with van der Waals surface area (Å²) in [5.74, 6) is -1.59. The molecule has 0 saturated heterocycles. The molecule has 0 bridgehead atoms. The fraction of sp³-hybridized carbons (Fsp3) is 0.182. The van der Waals surface area contributed by atoms with Gasteiger partial charge in [-0.25, -0.2) is 4.39 Å². The third kappa shape index (κ3) is 4.26. The van der Waals surface area contributed by atoms with Crippen molar-refractivity contribution in [3.63, 3.8) is 0 Å². The summed E-state index contributed by atoms with van der Waals surface area (Å²) in [4.78, 5) is 10.1. The van der Waals surface area contributed by atoms with Gasteiger partial charge in [-0.3, -0.25) is 0 Å². The highest BCUT2D eigenvalue weighted by Crippen LogP contribution is 2.07. The van der Waals surface area contributed by atoms with Gasteiger partial charge >= 0.3 is 0 Å². The molecule has 0 fully saturated rings. The number of benzene rings is 1. The summed E-state index contributed by atoms with van der Waals surface area (Å²) in [6.45, 7) is 0. The Balaban J connectivity index is 2.50. The highest BCUT2D eigenvalue weighted by Gasteiger charge is 1.96. The van der Waals surface area contributed by atoms with Gasteiger partial charge in [-0.05, 0) is 36.6 Å². The fourth-order valence-electron chi connectivity index (χ4n) is 1.16. The summed E-state index contributed by atoms with van der Waals surface area (Å²) in [6.07, 6.45) is 1.86. The zero-order valence-corrected chi connectivity index (χ0v) is 8.07. The van der Waals surface area contributed by atoms with Gasteiger partial charge in [-0.15, -0.1) is 0 Å². The Morgan fingerprint density at radius 2 is 2.00 bits per heavy atom. The summed E-state index contributed by atoms with van der Waals surface area (Å²) >= 11 is 0. The molecule has 0 heterocycles. The molecule has 0 aliphatic heterocycles. The number of allylic oxidation sites excluding steroid dienone is 1. The highest BCUT2D eigenvalue weighted by atomic mass is 19.1. The molecule has 1 aromatic carbocycles. The van der Waals surface area contributed by atoms with E-state index >= 15 is 0 Å². The van der Waals surface area contributed by atoms with Crippen LogP contribution in [0.25, 0.3) is 0 Å². The van der Waals surface area contributed by atoms with Crippen LogP contribution in [0.2, 0.25) is 0 Å². The van der Waals surface area contributed by atoms with Gasteiger partial charge in [0.25, 0.3) is 0 Å². The third-order valence-corrected chi connectivity index (χ3v) is 1.92. The number of carbonyl (C=O) groups excluding carboxylic acids is 1. The van der Waals surface area contributed by atoms with Crippen molar-refractivity contribution in [3.05, 3.63) is 47.4 Å². The number of aliphatic carboxylic acids is 1. The maximum atomic E-state index is 12.5. The van der Waals surface area contributed by atoms with Crippen LogP contribution in [0.1, 0.15) is 12.0 Å². The lowest BCUT2D eigenvalue weighted by atomic mass is 10.1. The number of rotatable bonds is 4. The van der Waals surface area contributed by atoms with Crippen molar-refractivity contribution in [2.45, 2.75) is 12.8 Å². The van der Waals surface area contributed by atoms with Gasteiger partial charge in [0.15, 0.2) is 0 Å². The number of carboxylic acids is 1. The predicted octanol–water partition coefficient (Wildman–Crippen LogP) is 0.351. The van der Waals surface area contributed by atoms with E-state index < -0.39 is 5.97 Å². The van der Waals surface area contributed by atoms with E-state index in [4.69, 9.17) is 5.73 Å². The van der Waals surface area contributed by atoms with Crippen LogP contribution in [0, 0.1) is 5.82 Å². The summed E-state index contributed by atoms with van der Waals surface area (Å²) in [6, 6.07) is 5.99. The summed E-state index contributed by atoms with van der Waals surface area (Å²) in [5.41, 5.74) is 6.58. The van der Waals surface area contributed by atoms with Crippen LogP contribution in [-0.4, -0.2) is 5.97 Å². The van der Waals surface area contributed by atoms with Crippen LogP contribution < -0.4 is 10.8 Å². The van der Waals surface area contributed by atoms with E-state index in [1.165, 1.54) is 12.1 Å². The van der Waals surface area contributed by atoms with E-state index in [9.17, 15) is 14.3 Å². The van der Waals surface area contributed by atoms with Crippen LogP contribution >= 0.6 is 0 Å².